The van der Waals surface area contributed by atoms with Crippen LogP contribution in [0.3, 0.4) is 0 Å². The van der Waals surface area contributed by atoms with E-state index in [0.717, 1.165) is 28.7 Å². The number of fused-ring (bicyclic) bond motifs is 1. The van der Waals surface area contributed by atoms with E-state index in [1.807, 2.05) is 13.8 Å². The first-order chi connectivity index (χ1) is 13.7. The van der Waals surface area contributed by atoms with Gasteiger partial charge in [0.1, 0.15) is 5.75 Å². The zero-order valence-electron chi connectivity index (χ0n) is 17.1. The predicted octanol–water partition coefficient (Wildman–Crippen LogP) is 5.33. The molecule has 6 heteroatoms. The molecule has 0 atom stereocenters. The maximum atomic E-state index is 13.5. The Bertz CT molecular complexity index is 1050. The van der Waals surface area contributed by atoms with E-state index in [-0.39, 0.29) is 24.1 Å². The van der Waals surface area contributed by atoms with E-state index >= 15 is 0 Å². The minimum absolute atomic E-state index is 0.0762. The van der Waals surface area contributed by atoms with Crippen molar-refractivity contribution in [2.24, 2.45) is 5.92 Å². The molecule has 4 nitrogen and oxygen atoms in total. The first-order valence-corrected chi connectivity index (χ1v) is 9.76. The molecule has 2 aromatic carbocycles. The number of hydrogen-bond donors (Lipinski definition) is 2. The topological polar surface area (TPSA) is 54.3 Å². The van der Waals surface area contributed by atoms with Crippen LogP contribution >= 0.6 is 0 Å². The van der Waals surface area contributed by atoms with Gasteiger partial charge in [-0.15, -0.1) is 0 Å². The van der Waals surface area contributed by atoms with Gasteiger partial charge in [-0.05, 0) is 41.7 Å². The van der Waals surface area contributed by atoms with Gasteiger partial charge in [-0.2, -0.15) is 0 Å². The van der Waals surface area contributed by atoms with Gasteiger partial charge in [-0.25, -0.2) is 8.78 Å². The molecule has 0 aliphatic rings. The molecule has 1 aromatic heterocycles. The van der Waals surface area contributed by atoms with E-state index in [0.29, 0.717) is 23.6 Å². The van der Waals surface area contributed by atoms with Gasteiger partial charge in [0, 0.05) is 30.2 Å². The highest BCUT2D eigenvalue weighted by molar-refractivity contribution is 6.09. The molecule has 0 bridgehead atoms. The lowest BCUT2D eigenvalue weighted by atomic mass is 10.0. The average Bonchev–Trinajstić information content (AvgIpc) is 2.95. The van der Waals surface area contributed by atoms with E-state index in [9.17, 15) is 18.7 Å². The van der Waals surface area contributed by atoms with Gasteiger partial charge < -0.3 is 15.0 Å². The van der Waals surface area contributed by atoms with E-state index in [2.05, 4.69) is 23.7 Å². The summed E-state index contributed by atoms with van der Waals surface area (Å²) in [5.41, 5.74) is 2.73. The van der Waals surface area contributed by atoms with Crippen LogP contribution in [0.1, 0.15) is 55.2 Å². The lowest BCUT2D eigenvalue weighted by molar-refractivity contribution is 0.0950. The highest BCUT2D eigenvalue weighted by Gasteiger charge is 2.25. The second-order valence-corrected chi connectivity index (χ2v) is 8.05. The maximum absolute atomic E-state index is 13.5. The van der Waals surface area contributed by atoms with Crippen molar-refractivity contribution in [1.29, 1.82) is 0 Å². The van der Waals surface area contributed by atoms with Gasteiger partial charge in [0.15, 0.2) is 11.6 Å². The summed E-state index contributed by atoms with van der Waals surface area (Å²) >= 11 is 0. The number of halogens is 2. The second-order valence-electron chi connectivity index (χ2n) is 8.05. The van der Waals surface area contributed by atoms with Crippen molar-refractivity contribution in [2.45, 2.75) is 46.7 Å². The maximum Gasteiger partial charge on any atom is 0.254 e. The molecule has 0 aliphatic heterocycles. The first kappa shape index (κ1) is 20.8. The molecule has 1 amide bonds. The normalized spacial score (nSPS) is 11.6. The SMILES string of the molecule is CC(C)Cn1c(C(C)C)c(C(=O)NCc2ccc(F)c(F)c2)c2ccc(O)cc21. The summed E-state index contributed by atoms with van der Waals surface area (Å²) < 4.78 is 28.7. The summed E-state index contributed by atoms with van der Waals surface area (Å²) in [5.74, 6) is -1.57. The summed E-state index contributed by atoms with van der Waals surface area (Å²) in [6.07, 6.45) is 0. The number of phenols is 1. The lowest BCUT2D eigenvalue weighted by Gasteiger charge is -2.17. The van der Waals surface area contributed by atoms with Crippen molar-refractivity contribution in [3.05, 3.63) is 64.9 Å². The van der Waals surface area contributed by atoms with Crippen molar-refractivity contribution >= 4 is 16.8 Å². The number of aromatic hydroxyl groups is 1. The summed E-state index contributed by atoms with van der Waals surface area (Å²) in [5, 5.41) is 13.6. The minimum atomic E-state index is -0.941. The fourth-order valence-corrected chi connectivity index (χ4v) is 3.68. The van der Waals surface area contributed by atoms with Crippen LogP contribution in [0.5, 0.6) is 5.75 Å². The molecule has 0 unspecified atom stereocenters. The second kappa shape index (κ2) is 8.23. The fourth-order valence-electron chi connectivity index (χ4n) is 3.68. The Morgan fingerprint density at radius 1 is 1.07 bits per heavy atom. The molecule has 0 saturated carbocycles. The zero-order chi connectivity index (χ0) is 21.3. The van der Waals surface area contributed by atoms with Crippen molar-refractivity contribution in [3.8, 4) is 5.75 Å². The van der Waals surface area contributed by atoms with Crippen LogP contribution in [0, 0.1) is 17.6 Å². The molecule has 3 aromatic rings. The van der Waals surface area contributed by atoms with Crippen LogP contribution in [0.4, 0.5) is 8.78 Å². The van der Waals surface area contributed by atoms with Gasteiger partial charge in [0.25, 0.3) is 5.91 Å². The summed E-state index contributed by atoms with van der Waals surface area (Å²) in [7, 11) is 0. The van der Waals surface area contributed by atoms with Crippen LogP contribution in [-0.2, 0) is 13.1 Å². The largest absolute Gasteiger partial charge is 0.508 e. The Labute approximate surface area is 169 Å². The third kappa shape index (κ3) is 4.26. The number of benzene rings is 2. The molecule has 0 saturated heterocycles. The number of carbonyl (C=O) groups excluding carboxylic acids is 1. The Hall–Kier alpha value is -2.89. The molecule has 154 valence electrons. The van der Waals surface area contributed by atoms with Crippen molar-refractivity contribution in [2.75, 3.05) is 0 Å². The van der Waals surface area contributed by atoms with Crippen LogP contribution < -0.4 is 5.32 Å². The van der Waals surface area contributed by atoms with E-state index in [1.165, 1.54) is 6.07 Å². The third-order valence-corrected chi connectivity index (χ3v) is 4.85. The first-order valence-electron chi connectivity index (χ1n) is 9.76. The van der Waals surface area contributed by atoms with Crippen molar-refractivity contribution < 1.29 is 18.7 Å². The lowest BCUT2D eigenvalue weighted by Crippen LogP contribution is -2.24. The van der Waals surface area contributed by atoms with E-state index in [4.69, 9.17) is 0 Å². The fraction of sp³-hybridized carbons (Fsp3) is 0.348. The van der Waals surface area contributed by atoms with Crippen LogP contribution in [-0.4, -0.2) is 15.6 Å². The summed E-state index contributed by atoms with van der Waals surface area (Å²) in [6, 6.07) is 8.57. The number of aromatic nitrogens is 1. The van der Waals surface area contributed by atoms with Gasteiger partial charge in [-0.1, -0.05) is 33.8 Å². The number of hydrogen-bond acceptors (Lipinski definition) is 2. The Morgan fingerprint density at radius 3 is 2.41 bits per heavy atom. The average molecular weight is 400 g/mol. The molecule has 2 N–H and O–H groups in total. The van der Waals surface area contributed by atoms with Crippen molar-refractivity contribution in [3.63, 3.8) is 0 Å². The third-order valence-electron chi connectivity index (χ3n) is 4.85. The molecular weight excluding hydrogens is 374 g/mol. The smallest absolute Gasteiger partial charge is 0.254 e. The summed E-state index contributed by atoms with van der Waals surface area (Å²) in [4.78, 5) is 13.1. The van der Waals surface area contributed by atoms with Crippen LogP contribution in [0.25, 0.3) is 10.9 Å². The monoisotopic (exact) mass is 400 g/mol. The number of phenolic OH excluding ortho intramolecular Hbond substituents is 1. The van der Waals surface area contributed by atoms with Gasteiger partial charge in [0.05, 0.1) is 11.1 Å². The van der Waals surface area contributed by atoms with Crippen LogP contribution in [0.15, 0.2) is 36.4 Å². The number of amides is 1. The zero-order valence-corrected chi connectivity index (χ0v) is 17.1. The van der Waals surface area contributed by atoms with E-state index in [1.54, 1.807) is 18.2 Å². The number of carbonyl (C=O) groups is 1. The Kier molecular flexibility index (Phi) is 5.91. The van der Waals surface area contributed by atoms with Crippen LogP contribution in [0.2, 0.25) is 0 Å². The summed E-state index contributed by atoms with van der Waals surface area (Å²) in [6.45, 7) is 9.05. The number of nitrogens with one attached hydrogen (secondary N) is 1. The highest BCUT2D eigenvalue weighted by atomic mass is 19.2. The molecule has 1 heterocycles. The van der Waals surface area contributed by atoms with Gasteiger partial charge >= 0.3 is 0 Å². The molecule has 0 aliphatic carbocycles. The Balaban J connectivity index is 2.03. The van der Waals surface area contributed by atoms with E-state index < -0.39 is 11.6 Å². The molecule has 29 heavy (non-hydrogen) atoms. The number of rotatable bonds is 6. The Morgan fingerprint density at radius 2 is 1.79 bits per heavy atom. The minimum Gasteiger partial charge on any atom is -0.508 e. The van der Waals surface area contributed by atoms with Gasteiger partial charge in [0.2, 0.25) is 0 Å². The predicted molar refractivity (Wildman–Crippen MR) is 110 cm³/mol. The molecular formula is C23H26F2N2O2. The highest BCUT2D eigenvalue weighted by Crippen LogP contribution is 2.34. The number of nitrogens with zero attached hydrogens (tertiary/aromatic N) is 1. The molecule has 0 spiro atoms. The van der Waals surface area contributed by atoms with Crippen molar-refractivity contribution in [1.82, 2.24) is 9.88 Å². The molecule has 3 rings (SSSR count). The van der Waals surface area contributed by atoms with Gasteiger partial charge in [-0.3, -0.25) is 4.79 Å². The quantitative estimate of drug-likeness (QED) is 0.587. The molecule has 0 radical (unpaired) electrons. The molecule has 0 fully saturated rings. The standard InChI is InChI=1S/C23H26F2N2O2/c1-13(2)12-27-20-10-16(28)6-7-17(20)21(22(27)14(3)4)23(29)26-11-15-5-8-18(24)19(25)9-15/h5-10,13-14,28H,11-12H2,1-4H3,(H,26,29).